The third-order valence-electron chi connectivity index (χ3n) is 3.59. The van der Waals surface area contributed by atoms with E-state index in [-0.39, 0.29) is 6.04 Å². The van der Waals surface area contributed by atoms with E-state index in [0.29, 0.717) is 5.92 Å². The van der Waals surface area contributed by atoms with Gasteiger partial charge in [-0.1, -0.05) is 38.1 Å². The number of hydrogen-bond donors (Lipinski definition) is 1. The first-order valence-electron chi connectivity index (χ1n) is 6.52. The average Bonchev–Trinajstić information content (AvgIpc) is 2.84. The summed E-state index contributed by atoms with van der Waals surface area (Å²) in [6.07, 6.45) is 2.90. The molecule has 0 fully saturated rings. The number of hydrogen-bond acceptors (Lipinski definition) is 2. The lowest BCUT2D eigenvalue weighted by molar-refractivity contribution is 0.530. The molecule has 0 saturated carbocycles. The van der Waals surface area contributed by atoms with Crippen molar-refractivity contribution in [3.63, 3.8) is 0 Å². The van der Waals surface area contributed by atoms with Gasteiger partial charge in [0, 0.05) is 5.56 Å². The van der Waals surface area contributed by atoms with Gasteiger partial charge in [-0.2, -0.15) is 0 Å². The molecular formula is C16H21NO. The van der Waals surface area contributed by atoms with Crippen LogP contribution < -0.4 is 5.73 Å². The predicted octanol–water partition coefficient (Wildman–Crippen LogP) is 4.15. The normalized spacial score (nSPS) is 14.4. The van der Waals surface area contributed by atoms with E-state index in [0.717, 1.165) is 23.3 Å². The Hall–Kier alpha value is -1.54. The molecule has 2 nitrogen and oxygen atoms in total. The first kappa shape index (κ1) is 12.9. The minimum absolute atomic E-state index is 0.103. The molecule has 0 spiro atoms. The zero-order valence-corrected chi connectivity index (χ0v) is 11.3. The summed E-state index contributed by atoms with van der Waals surface area (Å²) >= 11 is 0. The number of aryl methyl sites for hydroxylation is 1. The lowest BCUT2D eigenvalue weighted by Crippen LogP contribution is -2.10. The van der Waals surface area contributed by atoms with Crippen LogP contribution >= 0.6 is 0 Å². The summed E-state index contributed by atoms with van der Waals surface area (Å²) in [5, 5.41) is 0. The molecule has 2 rings (SSSR count). The molecule has 0 aliphatic heterocycles. The Bertz CT molecular complexity index is 498. The van der Waals surface area contributed by atoms with Crippen LogP contribution in [0.5, 0.6) is 0 Å². The number of benzene rings is 1. The van der Waals surface area contributed by atoms with E-state index in [4.69, 9.17) is 10.2 Å². The van der Waals surface area contributed by atoms with E-state index >= 15 is 0 Å². The predicted molar refractivity (Wildman–Crippen MR) is 74.6 cm³/mol. The summed E-state index contributed by atoms with van der Waals surface area (Å²) in [7, 11) is 0. The molecule has 1 aromatic carbocycles. The Morgan fingerprint density at radius 3 is 2.22 bits per heavy atom. The first-order chi connectivity index (χ1) is 8.61. The minimum atomic E-state index is -0.103. The molecule has 2 atom stereocenters. The molecule has 18 heavy (non-hydrogen) atoms. The Balaban J connectivity index is 2.19. The van der Waals surface area contributed by atoms with Crippen LogP contribution in [0.3, 0.4) is 0 Å². The van der Waals surface area contributed by atoms with Crippen LogP contribution in [0.25, 0.3) is 0 Å². The summed E-state index contributed by atoms with van der Waals surface area (Å²) < 4.78 is 5.31. The highest BCUT2D eigenvalue weighted by atomic mass is 16.3. The van der Waals surface area contributed by atoms with Crippen molar-refractivity contribution in [2.24, 2.45) is 5.73 Å². The van der Waals surface area contributed by atoms with E-state index < -0.39 is 0 Å². The molecule has 1 heterocycles. The van der Waals surface area contributed by atoms with Crippen molar-refractivity contribution in [3.8, 4) is 0 Å². The third kappa shape index (κ3) is 2.65. The summed E-state index contributed by atoms with van der Waals surface area (Å²) in [5.41, 5.74) is 9.76. The van der Waals surface area contributed by atoms with Gasteiger partial charge in [-0.25, -0.2) is 0 Å². The molecule has 96 valence electrons. The average molecular weight is 243 g/mol. The van der Waals surface area contributed by atoms with Crippen molar-refractivity contribution in [1.29, 1.82) is 0 Å². The van der Waals surface area contributed by atoms with Crippen LogP contribution in [-0.4, -0.2) is 0 Å². The van der Waals surface area contributed by atoms with Crippen molar-refractivity contribution in [2.75, 3.05) is 0 Å². The Morgan fingerprint density at radius 2 is 1.72 bits per heavy atom. The maximum atomic E-state index is 6.23. The van der Waals surface area contributed by atoms with Gasteiger partial charge < -0.3 is 10.2 Å². The van der Waals surface area contributed by atoms with Gasteiger partial charge in [0.25, 0.3) is 0 Å². The fourth-order valence-electron chi connectivity index (χ4n) is 2.09. The molecule has 0 aliphatic carbocycles. The van der Waals surface area contributed by atoms with Gasteiger partial charge in [-0.15, -0.1) is 0 Å². The van der Waals surface area contributed by atoms with Crippen molar-refractivity contribution in [1.82, 2.24) is 0 Å². The highest BCUT2D eigenvalue weighted by molar-refractivity contribution is 5.33. The zero-order valence-electron chi connectivity index (χ0n) is 11.3. The van der Waals surface area contributed by atoms with Crippen LogP contribution in [0.15, 0.2) is 41.0 Å². The summed E-state index contributed by atoms with van der Waals surface area (Å²) in [6.45, 7) is 6.38. The fourth-order valence-corrected chi connectivity index (χ4v) is 2.09. The van der Waals surface area contributed by atoms with E-state index in [2.05, 4.69) is 38.1 Å². The highest BCUT2D eigenvalue weighted by Gasteiger charge is 2.11. The molecule has 0 amide bonds. The van der Waals surface area contributed by atoms with Gasteiger partial charge in [0.05, 0.1) is 12.3 Å². The molecule has 0 aliphatic rings. The van der Waals surface area contributed by atoms with Crippen molar-refractivity contribution in [3.05, 3.63) is 59.0 Å². The second kappa shape index (κ2) is 5.40. The molecule has 0 saturated heterocycles. The largest absolute Gasteiger partial charge is 0.469 e. The van der Waals surface area contributed by atoms with Crippen LogP contribution in [0.2, 0.25) is 0 Å². The highest BCUT2D eigenvalue weighted by Crippen LogP contribution is 2.24. The second-order valence-corrected chi connectivity index (χ2v) is 4.94. The van der Waals surface area contributed by atoms with Crippen molar-refractivity contribution < 1.29 is 4.42 Å². The van der Waals surface area contributed by atoms with Gasteiger partial charge in [0.2, 0.25) is 0 Å². The smallest absolute Gasteiger partial charge is 0.101 e. The Labute approximate surface area is 109 Å². The molecule has 2 heteroatoms. The molecule has 0 radical (unpaired) electrons. The number of furan rings is 1. The van der Waals surface area contributed by atoms with E-state index in [1.54, 1.807) is 6.26 Å². The zero-order chi connectivity index (χ0) is 13.1. The Kier molecular flexibility index (Phi) is 3.87. The van der Waals surface area contributed by atoms with Crippen molar-refractivity contribution in [2.45, 2.75) is 39.2 Å². The standard InChI is InChI=1S/C16H21NO/c1-4-11(2)13-5-7-14(8-6-13)16(17)15-9-12(3)18-10-15/h5-11,16H,4,17H2,1-3H3. The number of rotatable bonds is 4. The molecule has 2 aromatic rings. The van der Waals surface area contributed by atoms with Crippen LogP contribution in [0.1, 0.15) is 54.7 Å². The monoisotopic (exact) mass is 243 g/mol. The fraction of sp³-hybridized carbons (Fsp3) is 0.375. The third-order valence-corrected chi connectivity index (χ3v) is 3.59. The maximum absolute atomic E-state index is 6.23. The Morgan fingerprint density at radius 1 is 1.11 bits per heavy atom. The molecule has 1 aromatic heterocycles. The topological polar surface area (TPSA) is 39.2 Å². The van der Waals surface area contributed by atoms with E-state index in [1.807, 2.05) is 13.0 Å². The van der Waals surface area contributed by atoms with E-state index in [9.17, 15) is 0 Å². The van der Waals surface area contributed by atoms with Gasteiger partial charge in [-0.3, -0.25) is 0 Å². The molecular weight excluding hydrogens is 222 g/mol. The van der Waals surface area contributed by atoms with Gasteiger partial charge in [0.1, 0.15) is 5.76 Å². The van der Waals surface area contributed by atoms with Gasteiger partial charge in [-0.05, 0) is 36.5 Å². The quantitative estimate of drug-likeness (QED) is 0.876. The van der Waals surface area contributed by atoms with Crippen molar-refractivity contribution >= 4 is 0 Å². The van der Waals surface area contributed by atoms with Crippen LogP contribution in [-0.2, 0) is 0 Å². The SMILES string of the molecule is CCC(C)c1ccc(C(N)c2coc(C)c2)cc1. The molecule has 0 bridgehead atoms. The summed E-state index contributed by atoms with van der Waals surface area (Å²) in [4.78, 5) is 0. The van der Waals surface area contributed by atoms with Gasteiger partial charge >= 0.3 is 0 Å². The summed E-state index contributed by atoms with van der Waals surface area (Å²) in [6, 6.07) is 10.5. The second-order valence-electron chi connectivity index (χ2n) is 4.94. The van der Waals surface area contributed by atoms with Crippen LogP contribution in [0.4, 0.5) is 0 Å². The first-order valence-corrected chi connectivity index (χ1v) is 6.52. The number of nitrogens with two attached hydrogens (primary N) is 1. The summed E-state index contributed by atoms with van der Waals surface area (Å²) in [5.74, 6) is 1.50. The minimum Gasteiger partial charge on any atom is -0.469 e. The van der Waals surface area contributed by atoms with Gasteiger partial charge in [0.15, 0.2) is 0 Å². The lowest BCUT2D eigenvalue weighted by atomic mass is 9.95. The maximum Gasteiger partial charge on any atom is 0.101 e. The molecule has 2 N–H and O–H groups in total. The molecule has 2 unspecified atom stereocenters. The lowest BCUT2D eigenvalue weighted by Gasteiger charge is -2.13. The van der Waals surface area contributed by atoms with Crippen LogP contribution in [0, 0.1) is 6.92 Å². The van der Waals surface area contributed by atoms with E-state index in [1.165, 1.54) is 5.56 Å².